The van der Waals surface area contributed by atoms with Crippen LogP contribution in [0.5, 0.6) is 0 Å². The lowest BCUT2D eigenvalue weighted by atomic mass is 10.2. The minimum Gasteiger partial charge on any atom is -0.377 e. The lowest BCUT2D eigenvalue weighted by molar-refractivity contribution is 0.281. The second-order valence-corrected chi connectivity index (χ2v) is 3.85. The number of hydrogen-bond acceptors (Lipinski definition) is 1. The predicted octanol–water partition coefficient (Wildman–Crippen LogP) is 3.11. The summed E-state index contributed by atoms with van der Waals surface area (Å²) in [5, 5.41) is 9.71. The first-order chi connectivity index (χ1) is 8.84. The number of hydrogen-bond donors (Lipinski definition) is 1. The summed E-state index contributed by atoms with van der Waals surface area (Å²) in [4.78, 5) is 0. The molecular formula is C17H14O. The van der Waals surface area contributed by atoms with Crippen LogP contribution < -0.4 is 0 Å². The summed E-state index contributed by atoms with van der Waals surface area (Å²) < 4.78 is 0. The third-order valence-corrected chi connectivity index (χ3v) is 2.41. The van der Waals surface area contributed by atoms with Gasteiger partial charge in [0.1, 0.15) is 6.10 Å². The van der Waals surface area contributed by atoms with Crippen molar-refractivity contribution in [3.63, 3.8) is 0 Å². The molecule has 0 unspecified atom stereocenters. The van der Waals surface area contributed by atoms with Crippen LogP contribution in [0.25, 0.3) is 6.08 Å². The van der Waals surface area contributed by atoms with E-state index in [0.717, 1.165) is 11.1 Å². The predicted molar refractivity (Wildman–Crippen MR) is 74.8 cm³/mol. The van der Waals surface area contributed by atoms with Crippen molar-refractivity contribution in [3.05, 3.63) is 77.9 Å². The highest BCUT2D eigenvalue weighted by Gasteiger charge is 1.91. The molecule has 0 heterocycles. The van der Waals surface area contributed by atoms with E-state index in [1.54, 1.807) is 6.08 Å². The van der Waals surface area contributed by atoms with Crippen LogP contribution in [0.1, 0.15) is 11.1 Å². The van der Waals surface area contributed by atoms with Crippen molar-refractivity contribution in [3.8, 4) is 11.8 Å². The fourth-order valence-electron chi connectivity index (χ4n) is 1.49. The smallest absolute Gasteiger partial charge is 0.134 e. The lowest BCUT2D eigenvalue weighted by Gasteiger charge is -1.95. The molecule has 0 radical (unpaired) electrons. The number of benzene rings is 2. The molecule has 0 saturated heterocycles. The topological polar surface area (TPSA) is 20.2 Å². The molecule has 2 aromatic rings. The van der Waals surface area contributed by atoms with E-state index in [2.05, 4.69) is 11.8 Å². The van der Waals surface area contributed by atoms with Crippen LogP contribution >= 0.6 is 0 Å². The van der Waals surface area contributed by atoms with E-state index in [1.807, 2.05) is 66.7 Å². The summed E-state index contributed by atoms with van der Waals surface area (Å²) in [5.41, 5.74) is 1.96. The first kappa shape index (κ1) is 12.2. The summed E-state index contributed by atoms with van der Waals surface area (Å²) in [6.45, 7) is 0. The highest BCUT2D eigenvalue weighted by molar-refractivity contribution is 5.50. The molecule has 0 aliphatic heterocycles. The van der Waals surface area contributed by atoms with Crippen molar-refractivity contribution >= 4 is 6.08 Å². The Morgan fingerprint density at radius 2 is 1.50 bits per heavy atom. The van der Waals surface area contributed by atoms with Gasteiger partial charge in [-0.1, -0.05) is 66.4 Å². The quantitative estimate of drug-likeness (QED) is 0.792. The molecule has 0 saturated carbocycles. The van der Waals surface area contributed by atoms with Crippen molar-refractivity contribution in [1.29, 1.82) is 0 Å². The Balaban J connectivity index is 2.00. The van der Waals surface area contributed by atoms with E-state index < -0.39 is 6.10 Å². The first-order valence-electron chi connectivity index (χ1n) is 5.82. The van der Waals surface area contributed by atoms with E-state index in [0.29, 0.717) is 0 Å². The van der Waals surface area contributed by atoms with Crippen molar-refractivity contribution in [2.45, 2.75) is 6.10 Å². The lowest BCUT2D eigenvalue weighted by Crippen LogP contribution is -1.96. The Morgan fingerprint density at radius 1 is 0.889 bits per heavy atom. The van der Waals surface area contributed by atoms with E-state index in [4.69, 9.17) is 0 Å². The summed E-state index contributed by atoms with van der Waals surface area (Å²) in [7, 11) is 0. The number of aliphatic hydroxyl groups excluding tert-OH is 1. The molecule has 18 heavy (non-hydrogen) atoms. The van der Waals surface area contributed by atoms with Gasteiger partial charge in [-0.05, 0) is 23.8 Å². The van der Waals surface area contributed by atoms with Gasteiger partial charge < -0.3 is 5.11 Å². The molecule has 0 aromatic heterocycles. The van der Waals surface area contributed by atoms with Crippen molar-refractivity contribution in [2.24, 2.45) is 0 Å². The van der Waals surface area contributed by atoms with Crippen LogP contribution in [0.15, 0.2) is 66.7 Å². The fraction of sp³-hybridized carbons (Fsp3) is 0.0588. The third kappa shape index (κ3) is 3.93. The molecule has 0 fully saturated rings. The zero-order chi connectivity index (χ0) is 12.6. The maximum atomic E-state index is 9.71. The van der Waals surface area contributed by atoms with Gasteiger partial charge in [0.2, 0.25) is 0 Å². The maximum Gasteiger partial charge on any atom is 0.134 e. The minimum absolute atomic E-state index is 0.745. The van der Waals surface area contributed by atoms with Gasteiger partial charge in [0, 0.05) is 5.56 Å². The Labute approximate surface area is 107 Å². The maximum absolute atomic E-state index is 9.71. The summed E-state index contributed by atoms with van der Waals surface area (Å²) >= 11 is 0. The van der Waals surface area contributed by atoms with E-state index in [-0.39, 0.29) is 0 Å². The standard InChI is InChI=1S/C17H14O/c18-17(13-11-15-7-3-1-4-8-15)14-12-16-9-5-2-6-10-16/h1-11,13,17-18H/b13-11+/t17-/m0/s1. The molecule has 0 bridgehead atoms. The van der Waals surface area contributed by atoms with Crippen molar-refractivity contribution in [1.82, 2.24) is 0 Å². The second kappa shape index (κ2) is 6.44. The SMILES string of the molecule is O[C@H](C#Cc1ccccc1)/C=C/c1ccccc1. The molecule has 1 heteroatoms. The monoisotopic (exact) mass is 234 g/mol. The van der Waals surface area contributed by atoms with Crippen LogP contribution in [-0.4, -0.2) is 11.2 Å². The van der Waals surface area contributed by atoms with Gasteiger partial charge in [-0.2, -0.15) is 0 Å². The van der Waals surface area contributed by atoms with Crippen LogP contribution in [0.4, 0.5) is 0 Å². The normalized spacial score (nSPS) is 11.8. The van der Waals surface area contributed by atoms with Gasteiger partial charge in [0.05, 0.1) is 0 Å². The molecule has 2 rings (SSSR count). The average Bonchev–Trinajstić information content (AvgIpc) is 2.45. The number of rotatable bonds is 2. The zero-order valence-corrected chi connectivity index (χ0v) is 9.95. The fourth-order valence-corrected chi connectivity index (χ4v) is 1.49. The molecule has 0 spiro atoms. The molecule has 0 amide bonds. The van der Waals surface area contributed by atoms with Crippen molar-refractivity contribution in [2.75, 3.05) is 0 Å². The largest absolute Gasteiger partial charge is 0.377 e. The number of aliphatic hydroxyl groups is 1. The molecule has 1 N–H and O–H groups in total. The van der Waals surface area contributed by atoms with Gasteiger partial charge in [-0.3, -0.25) is 0 Å². The molecule has 1 atom stereocenters. The Bertz CT molecular complexity index is 559. The minimum atomic E-state index is -0.745. The molecule has 0 aliphatic rings. The molecule has 2 aromatic carbocycles. The molecule has 88 valence electrons. The van der Waals surface area contributed by atoms with Crippen LogP contribution in [-0.2, 0) is 0 Å². The zero-order valence-electron chi connectivity index (χ0n) is 9.95. The van der Waals surface area contributed by atoms with Gasteiger partial charge in [-0.25, -0.2) is 0 Å². The third-order valence-electron chi connectivity index (χ3n) is 2.41. The van der Waals surface area contributed by atoms with Gasteiger partial charge >= 0.3 is 0 Å². The summed E-state index contributed by atoms with van der Waals surface area (Å²) in [6, 6.07) is 19.5. The Kier molecular flexibility index (Phi) is 4.35. The molecular weight excluding hydrogens is 220 g/mol. The Hall–Kier alpha value is -2.30. The van der Waals surface area contributed by atoms with E-state index in [1.165, 1.54) is 0 Å². The average molecular weight is 234 g/mol. The van der Waals surface area contributed by atoms with Crippen LogP contribution in [0.2, 0.25) is 0 Å². The highest BCUT2D eigenvalue weighted by Crippen LogP contribution is 2.02. The van der Waals surface area contributed by atoms with E-state index >= 15 is 0 Å². The summed E-state index contributed by atoms with van der Waals surface area (Å²) in [6.07, 6.45) is 2.81. The van der Waals surface area contributed by atoms with Crippen LogP contribution in [0, 0.1) is 11.8 Å². The second-order valence-electron chi connectivity index (χ2n) is 3.85. The van der Waals surface area contributed by atoms with Gasteiger partial charge in [-0.15, -0.1) is 0 Å². The van der Waals surface area contributed by atoms with Crippen LogP contribution in [0.3, 0.4) is 0 Å². The van der Waals surface area contributed by atoms with Gasteiger partial charge in [0.25, 0.3) is 0 Å². The highest BCUT2D eigenvalue weighted by atomic mass is 16.3. The van der Waals surface area contributed by atoms with Crippen molar-refractivity contribution < 1.29 is 5.11 Å². The van der Waals surface area contributed by atoms with E-state index in [9.17, 15) is 5.11 Å². The van der Waals surface area contributed by atoms with Gasteiger partial charge in [0.15, 0.2) is 0 Å². The first-order valence-corrected chi connectivity index (χ1v) is 5.82. The molecule has 0 aliphatic carbocycles. The summed E-state index contributed by atoms with van der Waals surface area (Å²) in [5.74, 6) is 5.72. The Morgan fingerprint density at radius 3 is 2.17 bits per heavy atom. The molecule has 1 nitrogen and oxygen atoms in total.